The van der Waals surface area contributed by atoms with Crippen LogP contribution in [0.1, 0.15) is 15.9 Å². The number of rotatable bonds is 3. The van der Waals surface area contributed by atoms with Crippen LogP contribution in [0, 0.1) is 6.92 Å². The maximum atomic E-state index is 11.6. The second-order valence-electron chi connectivity index (χ2n) is 3.17. The van der Waals surface area contributed by atoms with E-state index in [1.165, 1.54) is 0 Å². The lowest BCUT2D eigenvalue weighted by Gasteiger charge is -2.05. The summed E-state index contributed by atoms with van der Waals surface area (Å²) in [6.07, 6.45) is 0. The summed E-state index contributed by atoms with van der Waals surface area (Å²) in [5, 5.41) is 3.13. The molecule has 1 aromatic carbocycles. The van der Waals surface area contributed by atoms with Gasteiger partial charge in [-0.15, -0.1) is 0 Å². The number of amides is 1. The number of benzene rings is 1. The van der Waals surface area contributed by atoms with E-state index in [-0.39, 0.29) is 17.4 Å². The average molecular weight is 243 g/mol. The molecule has 0 unspecified atom stereocenters. The molecule has 1 aromatic rings. The van der Waals surface area contributed by atoms with Gasteiger partial charge in [0.15, 0.2) is 0 Å². The molecule has 0 saturated carbocycles. The second kappa shape index (κ2) is 5.09. The Balaban J connectivity index is 2.77. The summed E-state index contributed by atoms with van der Waals surface area (Å²) in [5.74, 6) is -0.228. The zero-order chi connectivity index (χ0) is 11.4. The Labute approximate surface area is 98.6 Å². The fourth-order valence-corrected chi connectivity index (χ4v) is 1.50. The highest BCUT2D eigenvalue weighted by Crippen LogP contribution is 2.14. The van der Waals surface area contributed by atoms with Crippen molar-refractivity contribution in [1.82, 2.24) is 5.32 Å². The van der Waals surface area contributed by atoms with Crippen LogP contribution < -0.4 is 11.1 Å². The first kappa shape index (κ1) is 11.9. The molecular weight excluding hydrogens is 232 g/mol. The Hall–Kier alpha value is -1.13. The number of halogens is 1. The first-order valence-corrected chi connectivity index (χ1v) is 5.11. The summed E-state index contributed by atoms with van der Waals surface area (Å²) >= 11 is 10.5. The molecule has 0 spiro atoms. The van der Waals surface area contributed by atoms with Gasteiger partial charge >= 0.3 is 0 Å². The fourth-order valence-electron chi connectivity index (χ4n) is 1.14. The molecule has 0 bridgehead atoms. The average Bonchev–Trinajstić information content (AvgIpc) is 2.12. The highest BCUT2D eigenvalue weighted by Gasteiger charge is 2.06. The maximum Gasteiger partial charge on any atom is 0.251 e. The van der Waals surface area contributed by atoms with Crippen molar-refractivity contribution in [1.29, 1.82) is 0 Å². The zero-order valence-electron chi connectivity index (χ0n) is 8.21. The van der Waals surface area contributed by atoms with Gasteiger partial charge in [-0.1, -0.05) is 23.8 Å². The van der Waals surface area contributed by atoms with Crippen molar-refractivity contribution in [3.8, 4) is 0 Å². The number of hydrogen-bond acceptors (Lipinski definition) is 2. The lowest BCUT2D eigenvalue weighted by Crippen LogP contribution is -2.32. The van der Waals surface area contributed by atoms with E-state index in [2.05, 4.69) is 17.5 Å². The van der Waals surface area contributed by atoms with E-state index >= 15 is 0 Å². The molecule has 0 heterocycles. The van der Waals surface area contributed by atoms with Gasteiger partial charge in [-0.2, -0.15) is 0 Å². The molecule has 0 fully saturated rings. The summed E-state index contributed by atoms with van der Waals surface area (Å²) in [5.41, 5.74) is 6.71. The van der Waals surface area contributed by atoms with Gasteiger partial charge in [0.25, 0.3) is 5.91 Å². The molecule has 0 aromatic heterocycles. The summed E-state index contributed by atoms with van der Waals surface area (Å²) in [4.78, 5) is 11.8. The molecular formula is C10H11ClN2OS. The predicted octanol–water partition coefficient (Wildman–Crippen LogP) is 1.66. The maximum absolute atomic E-state index is 11.6. The van der Waals surface area contributed by atoms with Crippen molar-refractivity contribution >= 4 is 34.7 Å². The smallest absolute Gasteiger partial charge is 0.251 e. The van der Waals surface area contributed by atoms with Gasteiger partial charge in [-0.3, -0.25) is 4.79 Å². The van der Waals surface area contributed by atoms with E-state index in [0.717, 1.165) is 5.56 Å². The van der Waals surface area contributed by atoms with Gasteiger partial charge in [-0.05, 0) is 30.7 Å². The van der Waals surface area contributed by atoms with E-state index in [9.17, 15) is 4.79 Å². The molecule has 3 N–H and O–H groups in total. The third-order valence-electron chi connectivity index (χ3n) is 1.73. The summed E-state index contributed by atoms with van der Waals surface area (Å²) in [7, 11) is 0. The predicted molar refractivity (Wildman–Crippen MR) is 65.3 cm³/mol. The molecule has 0 radical (unpaired) electrons. The number of nitrogens with one attached hydrogen (secondary N) is 1. The topological polar surface area (TPSA) is 55.1 Å². The van der Waals surface area contributed by atoms with Gasteiger partial charge in [-0.25, -0.2) is 0 Å². The molecule has 0 aliphatic carbocycles. The fraction of sp³-hybridized carbons (Fsp3) is 0.200. The van der Waals surface area contributed by atoms with Crippen molar-refractivity contribution < 1.29 is 4.79 Å². The van der Waals surface area contributed by atoms with Crippen LogP contribution in [0.25, 0.3) is 0 Å². The Bertz CT molecular complexity index is 386. The van der Waals surface area contributed by atoms with Crippen LogP contribution in [0.4, 0.5) is 0 Å². The molecule has 1 rings (SSSR count). The number of hydrogen-bond donors (Lipinski definition) is 2. The van der Waals surface area contributed by atoms with Crippen LogP contribution in [0.3, 0.4) is 0 Å². The quantitative estimate of drug-likeness (QED) is 0.793. The molecule has 1 amide bonds. The van der Waals surface area contributed by atoms with Gasteiger partial charge in [0.1, 0.15) is 0 Å². The Morgan fingerprint density at radius 1 is 1.53 bits per heavy atom. The van der Waals surface area contributed by atoms with Crippen LogP contribution in [-0.4, -0.2) is 17.4 Å². The third-order valence-corrected chi connectivity index (χ3v) is 2.09. The van der Waals surface area contributed by atoms with Crippen molar-refractivity contribution in [3.63, 3.8) is 0 Å². The molecule has 3 nitrogen and oxygen atoms in total. The number of nitrogens with two attached hydrogens (primary N) is 1. The van der Waals surface area contributed by atoms with Crippen LogP contribution in [-0.2, 0) is 0 Å². The first-order valence-electron chi connectivity index (χ1n) is 4.33. The van der Waals surface area contributed by atoms with Gasteiger partial charge in [0.05, 0.1) is 11.5 Å². The third kappa shape index (κ3) is 3.85. The minimum absolute atomic E-state index is 0.194. The Kier molecular flexibility index (Phi) is 4.05. The minimum atomic E-state index is -0.228. The largest absolute Gasteiger partial charge is 0.392 e. The van der Waals surface area contributed by atoms with E-state index in [0.29, 0.717) is 10.6 Å². The van der Waals surface area contributed by atoms with E-state index in [1.54, 1.807) is 18.2 Å². The molecule has 0 aliphatic heterocycles. The molecule has 80 valence electrons. The normalized spacial score (nSPS) is 9.73. The Morgan fingerprint density at radius 2 is 2.20 bits per heavy atom. The summed E-state index contributed by atoms with van der Waals surface area (Å²) in [6, 6.07) is 5.14. The number of thiocarbonyl (C=S) groups is 1. The van der Waals surface area contributed by atoms with Crippen molar-refractivity contribution in [2.75, 3.05) is 6.54 Å². The molecule has 5 heteroatoms. The molecule has 0 aliphatic rings. The van der Waals surface area contributed by atoms with Gasteiger partial charge in [0, 0.05) is 10.6 Å². The number of carbonyl (C=O) groups is 1. The van der Waals surface area contributed by atoms with Crippen LogP contribution in [0.15, 0.2) is 18.2 Å². The minimum Gasteiger partial charge on any atom is -0.392 e. The lowest BCUT2D eigenvalue weighted by molar-refractivity contribution is 0.0959. The monoisotopic (exact) mass is 242 g/mol. The van der Waals surface area contributed by atoms with Gasteiger partial charge in [0.2, 0.25) is 0 Å². The number of carbonyl (C=O) groups excluding carboxylic acids is 1. The lowest BCUT2D eigenvalue weighted by atomic mass is 10.1. The highest BCUT2D eigenvalue weighted by atomic mass is 35.5. The second-order valence-corrected chi connectivity index (χ2v) is 4.13. The zero-order valence-corrected chi connectivity index (χ0v) is 9.78. The van der Waals surface area contributed by atoms with Crippen molar-refractivity contribution in [3.05, 3.63) is 34.3 Å². The SMILES string of the molecule is Cc1cc(Cl)cc(C(=O)NCC(N)=S)c1. The van der Waals surface area contributed by atoms with E-state index in [1.807, 2.05) is 6.92 Å². The van der Waals surface area contributed by atoms with Crippen LogP contribution >= 0.6 is 23.8 Å². The van der Waals surface area contributed by atoms with Crippen LogP contribution in [0.5, 0.6) is 0 Å². The number of aryl methyl sites for hydroxylation is 1. The van der Waals surface area contributed by atoms with E-state index < -0.39 is 0 Å². The van der Waals surface area contributed by atoms with Crippen molar-refractivity contribution in [2.24, 2.45) is 5.73 Å². The highest BCUT2D eigenvalue weighted by molar-refractivity contribution is 7.80. The van der Waals surface area contributed by atoms with Gasteiger partial charge < -0.3 is 11.1 Å². The van der Waals surface area contributed by atoms with Crippen LogP contribution in [0.2, 0.25) is 5.02 Å². The first-order chi connectivity index (χ1) is 6.99. The Morgan fingerprint density at radius 3 is 2.73 bits per heavy atom. The molecule has 0 atom stereocenters. The molecule has 0 saturated heterocycles. The van der Waals surface area contributed by atoms with Crippen molar-refractivity contribution in [2.45, 2.75) is 6.92 Å². The molecule has 15 heavy (non-hydrogen) atoms. The standard InChI is InChI=1S/C10H11ClN2OS/c1-6-2-7(4-8(11)3-6)10(14)13-5-9(12)15/h2-4H,5H2,1H3,(H2,12,15)(H,13,14). The summed E-state index contributed by atoms with van der Waals surface area (Å²) in [6.45, 7) is 2.07. The summed E-state index contributed by atoms with van der Waals surface area (Å²) < 4.78 is 0. The van der Waals surface area contributed by atoms with E-state index in [4.69, 9.17) is 17.3 Å².